The van der Waals surface area contributed by atoms with Crippen molar-refractivity contribution < 1.29 is 4.74 Å². The Hall–Kier alpha value is -1.32. The minimum Gasteiger partial charge on any atom is -0.481 e. The van der Waals surface area contributed by atoms with Crippen molar-refractivity contribution in [2.45, 2.75) is 51.5 Å². The lowest BCUT2D eigenvalue weighted by Gasteiger charge is -2.59. The van der Waals surface area contributed by atoms with Gasteiger partial charge in [-0.1, -0.05) is 0 Å². The Balaban J connectivity index is 1.53. The zero-order valence-electron chi connectivity index (χ0n) is 13.0. The molecule has 1 N–H and O–H groups in total. The molecule has 0 aromatic carbocycles. The van der Waals surface area contributed by atoms with E-state index in [2.05, 4.69) is 22.2 Å². The van der Waals surface area contributed by atoms with Crippen LogP contribution in [0.4, 0.5) is 5.82 Å². The average Bonchev–Trinajstić information content (AvgIpc) is 2.46. The van der Waals surface area contributed by atoms with Crippen LogP contribution in [0.15, 0.2) is 12.4 Å². The Bertz CT molecular complexity index is 495. The molecule has 4 bridgehead atoms. The highest BCUT2D eigenvalue weighted by atomic mass is 16.5. The van der Waals surface area contributed by atoms with E-state index in [1.165, 1.54) is 38.5 Å². The highest BCUT2D eigenvalue weighted by Gasteiger charge is 2.53. The Morgan fingerprint density at radius 2 is 1.76 bits per heavy atom. The van der Waals surface area contributed by atoms with Crippen LogP contribution in [0.25, 0.3) is 0 Å². The van der Waals surface area contributed by atoms with Gasteiger partial charge >= 0.3 is 0 Å². The summed E-state index contributed by atoms with van der Waals surface area (Å²) in [7, 11) is 1.65. The molecular weight excluding hydrogens is 262 g/mol. The molecule has 4 heteroatoms. The van der Waals surface area contributed by atoms with E-state index in [1.54, 1.807) is 13.4 Å². The maximum atomic E-state index is 5.19. The molecule has 1 unspecified atom stereocenters. The smallest absolute Gasteiger partial charge is 0.218 e. The van der Waals surface area contributed by atoms with Crippen molar-refractivity contribution in [3.8, 4) is 5.88 Å². The summed E-state index contributed by atoms with van der Waals surface area (Å²) in [6, 6.07) is 2.38. The van der Waals surface area contributed by atoms with Crippen molar-refractivity contribution in [1.82, 2.24) is 9.97 Å². The molecule has 4 aliphatic carbocycles. The highest BCUT2D eigenvalue weighted by Crippen LogP contribution is 2.61. The number of nitrogens with one attached hydrogen (secondary N) is 1. The maximum absolute atomic E-state index is 5.19. The van der Waals surface area contributed by atoms with Crippen molar-refractivity contribution in [2.24, 2.45) is 23.2 Å². The molecular formula is C17H25N3O. The Kier molecular flexibility index (Phi) is 3.09. The van der Waals surface area contributed by atoms with Gasteiger partial charge in [0.2, 0.25) is 5.88 Å². The molecule has 1 atom stereocenters. The van der Waals surface area contributed by atoms with Crippen molar-refractivity contribution >= 4 is 5.82 Å². The van der Waals surface area contributed by atoms with Gasteiger partial charge in [0, 0.05) is 12.1 Å². The van der Waals surface area contributed by atoms with Crippen LogP contribution in [0.5, 0.6) is 5.88 Å². The number of rotatable bonds is 4. The number of methoxy groups -OCH3 is 1. The molecule has 4 nitrogen and oxygen atoms in total. The normalized spacial score (nSPS) is 38.3. The van der Waals surface area contributed by atoms with E-state index < -0.39 is 0 Å². The van der Waals surface area contributed by atoms with Crippen molar-refractivity contribution in [2.75, 3.05) is 12.4 Å². The molecule has 4 saturated carbocycles. The van der Waals surface area contributed by atoms with Gasteiger partial charge in [0.25, 0.3) is 0 Å². The molecule has 0 spiro atoms. The predicted octanol–water partition coefficient (Wildman–Crippen LogP) is 3.50. The van der Waals surface area contributed by atoms with Gasteiger partial charge in [-0.25, -0.2) is 9.97 Å². The number of anilines is 1. The van der Waals surface area contributed by atoms with E-state index in [1.807, 2.05) is 6.07 Å². The standard InChI is InChI=1S/C17H25N3O/c1-11(20-15-6-16(21-2)19-10-18-15)17-7-12-3-13(8-17)5-14(4-12)9-17/h6,10-14H,3-5,7-9H2,1-2H3,(H,18,19,20). The molecule has 21 heavy (non-hydrogen) atoms. The molecule has 0 saturated heterocycles. The van der Waals surface area contributed by atoms with Crippen molar-refractivity contribution in [3.63, 3.8) is 0 Å². The fraction of sp³-hybridized carbons (Fsp3) is 0.765. The van der Waals surface area contributed by atoms with Crippen LogP contribution in [0.3, 0.4) is 0 Å². The minimum atomic E-state index is 0.477. The van der Waals surface area contributed by atoms with Crippen LogP contribution in [0.1, 0.15) is 45.4 Å². The molecule has 4 fully saturated rings. The Morgan fingerprint density at radius 3 is 2.33 bits per heavy atom. The molecule has 114 valence electrons. The quantitative estimate of drug-likeness (QED) is 0.920. The van der Waals surface area contributed by atoms with Crippen LogP contribution in [-0.2, 0) is 0 Å². The molecule has 0 amide bonds. The van der Waals surface area contributed by atoms with Gasteiger partial charge < -0.3 is 10.1 Å². The third kappa shape index (κ3) is 2.29. The summed E-state index contributed by atoms with van der Waals surface area (Å²) in [6.45, 7) is 2.35. The van der Waals surface area contributed by atoms with Gasteiger partial charge in [-0.15, -0.1) is 0 Å². The zero-order chi connectivity index (χ0) is 14.4. The molecule has 0 radical (unpaired) electrons. The largest absolute Gasteiger partial charge is 0.481 e. The summed E-state index contributed by atoms with van der Waals surface area (Å²) < 4.78 is 5.19. The molecule has 0 aliphatic heterocycles. The Morgan fingerprint density at radius 1 is 1.14 bits per heavy atom. The first-order chi connectivity index (χ1) is 10.2. The highest BCUT2D eigenvalue weighted by molar-refractivity contribution is 5.38. The SMILES string of the molecule is COc1cc(NC(C)C23CC4CC(CC(C4)C2)C3)ncn1. The molecule has 4 aliphatic rings. The number of nitrogens with zero attached hydrogens (tertiary/aromatic N) is 2. The second kappa shape index (κ2) is 4.85. The monoisotopic (exact) mass is 287 g/mol. The first-order valence-corrected chi connectivity index (χ1v) is 8.29. The van der Waals surface area contributed by atoms with Gasteiger partial charge in [0.1, 0.15) is 12.1 Å². The van der Waals surface area contributed by atoms with Crippen LogP contribution in [0, 0.1) is 23.2 Å². The molecule has 1 aromatic rings. The van der Waals surface area contributed by atoms with Crippen LogP contribution in [0.2, 0.25) is 0 Å². The van der Waals surface area contributed by atoms with Crippen LogP contribution >= 0.6 is 0 Å². The van der Waals surface area contributed by atoms with E-state index in [0.29, 0.717) is 17.3 Å². The summed E-state index contributed by atoms with van der Waals surface area (Å²) in [5.41, 5.74) is 0.493. The number of hydrogen-bond acceptors (Lipinski definition) is 4. The summed E-state index contributed by atoms with van der Waals surface area (Å²) in [5, 5.41) is 3.64. The lowest BCUT2D eigenvalue weighted by molar-refractivity contribution is -0.0603. The summed E-state index contributed by atoms with van der Waals surface area (Å²) >= 11 is 0. The number of ether oxygens (including phenoxy) is 1. The first kappa shape index (κ1) is 13.4. The van der Waals surface area contributed by atoms with Gasteiger partial charge in [-0.3, -0.25) is 0 Å². The van der Waals surface area contributed by atoms with E-state index in [-0.39, 0.29) is 0 Å². The van der Waals surface area contributed by atoms with Gasteiger partial charge in [0.05, 0.1) is 7.11 Å². The topological polar surface area (TPSA) is 47.0 Å². The minimum absolute atomic E-state index is 0.477. The van der Waals surface area contributed by atoms with Crippen molar-refractivity contribution in [3.05, 3.63) is 12.4 Å². The summed E-state index contributed by atoms with van der Waals surface area (Å²) in [4.78, 5) is 8.44. The number of aromatic nitrogens is 2. The number of hydrogen-bond donors (Lipinski definition) is 1. The third-order valence-corrected chi connectivity index (χ3v) is 6.22. The van der Waals surface area contributed by atoms with Gasteiger partial charge in [0.15, 0.2) is 0 Å². The summed E-state index contributed by atoms with van der Waals surface area (Å²) in [6.07, 6.45) is 10.3. The second-order valence-electron chi connectivity index (χ2n) is 7.59. The van der Waals surface area contributed by atoms with Crippen molar-refractivity contribution in [1.29, 1.82) is 0 Å². The van der Waals surface area contributed by atoms with Crippen LogP contribution in [-0.4, -0.2) is 23.1 Å². The maximum Gasteiger partial charge on any atom is 0.218 e. The average molecular weight is 287 g/mol. The lowest BCUT2D eigenvalue weighted by atomic mass is 9.48. The lowest BCUT2D eigenvalue weighted by Crippen LogP contribution is -2.53. The van der Waals surface area contributed by atoms with Gasteiger partial charge in [-0.2, -0.15) is 0 Å². The fourth-order valence-electron chi connectivity index (χ4n) is 5.61. The first-order valence-electron chi connectivity index (χ1n) is 8.29. The van der Waals surface area contributed by atoms with E-state index in [0.717, 1.165) is 23.6 Å². The molecule has 1 aromatic heterocycles. The Labute approximate surface area is 126 Å². The molecule has 5 rings (SSSR count). The summed E-state index contributed by atoms with van der Waals surface area (Å²) in [5.74, 6) is 4.48. The fourth-order valence-corrected chi connectivity index (χ4v) is 5.61. The predicted molar refractivity (Wildman–Crippen MR) is 82.3 cm³/mol. The van der Waals surface area contributed by atoms with Crippen LogP contribution < -0.4 is 10.1 Å². The van der Waals surface area contributed by atoms with E-state index in [4.69, 9.17) is 4.74 Å². The third-order valence-electron chi connectivity index (χ3n) is 6.22. The van der Waals surface area contributed by atoms with Gasteiger partial charge in [-0.05, 0) is 68.6 Å². The zero-order valence-corrected chi connectivity index (χ0v) is 13.0. The molecule has 1 heterocycles. The van der Waals surface area contributed by atoms with E-state index in [9.17, 15) is 0 Å². The second-order valence-corrected chi connectivity index (χ2v) is 7.59. The van der Waals surface area contributed by atoms with E-state index >= 15 is 0 Å².